The molecule has 2 aromatic heterocycles. The van der Waals surface area contributed by atoms with Crippen LogP contribution in [0, 0.1) is 16.7 Å². The highest BCUT2D eigenvalue weighted by Crippen LogP contribution is 2.58. The van der Waals surface area contributed by atoms with Crippen LogP contribution in [0.3, 0.4) is 0 Å². The normalized spacial score (nSPS) is 20.3. The maximum Gasteiger partial charge on any atom is 0.170 e. The molecule has 4 aromatic rings. The zero-order chi connectivity index (χ0) is 20.4. The predicted octanol–water partition coefficient (Wildman–Crippen LogP) is 6.60. The van der Waals surface area contributed by atoms with E-state index in [1.165, 1.54) is 5.39 Å². The number of benzene rings is 2. The highest BCUT2D eigenvalue weighted by atomic mass is 16.1. The number of H-pyrrole nitrogens is 2. The van der Waals surface area contributed by atoms with Gasteiger partial charge in [0, 0.05) is 29.0 Å². The fraction of sp³-hybridized carbons (Fsp3) is 0.269. The maximum absolute atomic E-state index is 13.9. The third-order valence-electron chi connectivity index (χ3n) is 7.20. The molecule has 0 spiro atoms. The van der Waals surface area contributed by atoms with Crippen molar-refractivity contribution in [2.75, 3.05) is 0 Å². The van der Waals surface area contributed by atoms with Gasteiger partial charge in [-0.3, -0.25) is 4.79 Å². The molecule has 1 atom stereocenters. The highest BCUT2D eigenvalue weighted by Gasteiger charge is 2.52. The molecule has 1 aliphatic carbocycles. The zero-order valence-electron chi connectivity index (χ0n) is 17.3. The first-order chi connectivity index (χ1) is 13.8. The van der Waals surface area contributed by atoms with Crippen LogP contribution in [0.4, 0.5) is 0 Å². The van der Waals surface area contributed by atoms with Crippen molar-refractivity contribution in [3.8, 4) is 0 Å². The van der Waals surface area contributed by atoms with E-state index < -0.39 is 0 Å². The standard InChI is InChI=1S/C26H26N2O/c1-25(2)15-20(18-7-5-16-9-11-27-21(16)13-18)23(26(25,3)4)24(29)19-8-6-17-10-12-28-22(17)14-19/h5-15,23,27-28H,1-4H3. The van der Waals surface area contributed by atoms with Crippen LogP contribution in [-0.4, -0.2) is 15.8 Å². The van der Waals surface area contributed by atoms with Crippen LogP contribution in [0.25, 0.3) is 27.4 Å². The summed E-state index contributed by atoms with van der Waals surface area (Å²) in [6.45, 7) is 8.92. The van der Waals surface area contributed by atoms with Crippen LogP contribution < -0.4 is 0 Å². The Labute approximate surface area is 170 Å². The first-order valence-corrected chi connectivity index (χ1v) is 10.2. The lowest BCUT2D eigenvalue weighted by molar-refractivity contribution is 0.0748. The molecule has 5 rings (SSSR count). The van der Waals surface area contributed by atoms with Crippen molar-refractivity contribution >= 4 is 33.2 Å². The Morgan fingerprint density at radius 1 is 0.828 bits per heavy atom. The van der Waals surface area contributed by atoms with Crippen LogP contribution in [0.1, 0.15) is 43.6 Å². The molecule has 0 saturated carbocycles. The van der Waals surface area contributed by atoms with E-state index in [2.05, 4.69) is 68.0 Å². The van der Waals surface area contributed by atoms with E-state index in [0.717, 1.165) is 33.1 Å². The molecule has 2 heterocycles. The maximum atomic E-state index is 13.9. The minimum Gasteiger partial charge on any atom is -0.361 e. The van der Waals surface area contributed by atoms with Gasteiger partial charge in [0.2, 0.25) is 0 Å². The minimum absolute atomic E-state index is 0.0934. The van der Waals surface area contributed by atoms with E-state index in [-0.39, 0.29) is 22.5 Å². The molecular formula is C26H26N2O. The summed E-state index contributed by atoms with van der Waals surface area (Å²) in [6.07, 6.45) is 6.19. The molecule has 29 heavy (non-hydrogen) atoms. The molecule has 0 fully saturated rings. The van der Waals surface area contributed by atoms with Crippen molar-refractivity contribution in [1.82, 2.24) is 9.97 Å². The van der Waals surface area contributed by atoms with Gasteiger partial charge < -0.3 is 9.97 Å². The van der Waals surface area contributed by atoms with E-state index in [1.54, 1.807) is 0 Å². The number of hydrogen-bond acceptors (Lipinski definition) is 1. The van der Waals surface area contributed by atoms with E-state index in [0.29, 0.717) is 0 Å². The van der Waals surface area contributed by atoms with Gasteiger partial charge in [-0.2, -0.15) is 0 Å². The summed E-state index contributed by atoms with van der Waals surface area (Å²) < 4.78 is 0. The SMILES string of the molecule is CC1(C)C=C(c2ccc3cc[nH]c3c2)C(C(=O)c2ccc3cc[nH]c3c2)C1(C)C. The van der Waals surface area contributed by atoms with Gasteiger partial charge in [-0.15, -0.1) is 0 Å². The first-order valence-electron chi connectivity index (χ1n) is 10.2. The third-order valence-corrected chi connectivity index (χ3v) is 7.20. The molecule has 146 valence electrons. The molecule has 2 aromatic carbocycles. The number of nitrogens with one attached hydrogen (secondary N) is 2. The summed E-state index contributed by atoms with van der Waals surface area (Å²) in [7, 11) is 0. The zero-order valence-corrected chi connectivity index (χ0v) is 17.3. The molecule has 0 saturated heterocycles. The van der Waals surface area contributed by atoms with Gasteiger partial charge in [0.25, 0.3) is 0 Å². The summed E-state index contributed by atoms with van der Waals surface area (Å²) >= 11 is 0. The number of fused-ring (bicyclic) bond motifs is 2. The van der Waals surface area contributed by atoms with Crippen LogP contribution in [0.2, 0.25) is 0 Å². The van der Waals surface area contributed by atoms with E-state index >= 15 is 0 Å². The lowest BCUT2D eigenvalue weighted by Crippen LogP contribution is -2.37. The summed E-state index contributed by atoms with van der Waals surface area (Å²) in [5.74, 6) is -0.00719. The summed E-state index contributed by atoms with van der Waals surface area (Å²) in [5.41, 5.74) is 4.83. The number of aromatic nitrogens is 2. The molecule has 0 amide bonds. The van der Waals surface area contributed by atoms with E-state index in [9.17, 15) is 4.79 Å². The second-order valence-electron chi connectivity index (χ2n) is 9.40. The lowest BCUT2D eigenvalue weighted by atomic mass is 9.63. The number of carbonyl (C=O) groups is 1. The van der Waals surface area contributed by atoms with Gasteiger partial charge in [-0.1, -0.05) is 58.0 Å². The van der Waals surface area contributed by atoms with Crippen LogP contribution in [0.15, 0.2) is 67.0 Å². The average molecular weight is 383 g/mol. The number of carbonyl (C=O) groups excluding carboxylic acids is 1. The number of rotatable bonds is 3. The Bertz CT molecular complexity index is 1280. The molecule has 3 heteroatoms. The van der Waals surface area contributed by atoms with E-state index in [4.69, 9.17) is 0 Å². The summed E-state index contributed by atoms with van der Waals surface area (Å²) in [6, 6.07) is 16.5. The van der Waals surface area contributed by atoms with Crippen molar-refractivity contribution in [2.45, 2.75) is 27.7 Å². The third kappa shape index (κ3) is 2.61. The van der Waals surface area contributed by atoms with E-state index in [1.807, 2.05) is 36.7 Å². The van der Waals surface area contributed by atoms with Crippen LogP contribution >= 0.6 is 0 Å². The Morgan fingerprint density at radius 3 is 2.14 bits per heavy atom. The molecule has 1 aliphatic rings. The van der Waals surface area contributed by atoms with Gasteiger partial charge in [0.05, 0.1) is 5.92 Å². The Kier molecular flexibility index (Phi) is 3.70. The molecular weight excluding hydrogens is 356 g/mol. The fourth-order valence-electron chi connectivity index (χ4n) is 4.73. The summed E-state index contributed by atoms with van der Waals surface area (Å²) in [4.78, 5) is 20.4. The lowest BCUT2D eigenvalue weighted by Gasteiger charge is -2.39. The van der Waals surface area contributed by atoms with Crippen molar-refractivity contribution < 1.29 is 4.79 Å². The minimum atomic E-state index is -0.200. The molecule has 0 radical (unpaired) electrons. The van der Waals surface area contributed by atoms with Gasteiger partial charge in [0.15, 0.2) is 5.78 Å². The Balaban J connectivity index is 1.64. The molecule has 0 bridgehead atoms. The Morgan fingerprint density at radius 2 is 1.45 bits per heavy atom. The van der Waals surface area contributed by atoms with Crippen LogP contribution in [-0.2, 0) is 0 Å². The smallest absolute Gasteiger partial charge is 0.170 e. The monoisotopic (exact) mass is 382 g/mol. The second kappa shape index (κ2) is 5.96. The van der Waals surface area contributed by atoms with Crippen molar-refractivity contribution in [1.29, 1.82) is 0 Å². The molecule has 3 nitrogen and oxygen atoms in total. The Hall–Kier alpha value is -3.07. The fourth-order valence-corrected chi connectivity index (χ4v) is 4.73. The first kappa shape index (κ1) is 18.0. The predicted molar refractivity (Wildman–Crippen MR) is 120 cm³/mol. The molecule has 1 unspecified atom stereocenters. The van der Waals surface area contributed by atoms with Crippen LogP contribution in [0.5, 0.6) is 0 Å². The van der Waals surface area contributed by atoms with Gasteiger partial charge >= 0.3 is 0 Å². The number of allylic oxidation sites excluding steroid dienone is 2. The molecule has 2 N–H and O–H groups in total. The van der Waals surface area contributed by atoms with Crippen molar-refractivity contribution in [2.24, 2.45) is 16.7 Å². The number of ketones is 1. The van der Waals surface area contributed by atoms with Gasteiger partial charge in [0.1, 0.15) is 0 Å². The summed E-state index contributed by atoms with van der Waals surface area (Å²) in [5, 5.41) is 2.31. The van der Waals surface area contributed by atoms with Crippen molar-refractivity contribution in [3.63, 3.8) is 0 Å². The largest absolute Gasteiger partial charge is 0.361 e. The average Bonchev–Trinajstić information content (AvgIpc) is 3.37. The highest BCUT2D eigenvalue weighted by molar-refractivity contribution is 6.08. The van der Waals surface area contributed by atoms with Gasteiger partial charge in [-0.25, -0.2) is 0 Å². The van der Waals surface area contributed by atoms with Gasteiger partial charge in [-0.05, 0) is 57.0 Å². The number of aromatic amines is 2. The topological polar surface area (TPSA) is 48.6 Å². The van der Waals surface area contributed by atoms with Crippen molar-refractivity contribution in [3.05, 3.63) is 78.1 Å². The second-order valence-corrected chi connectivity index (χ2v) is 9.40. The number of hydrogen-bond donors (Lipinski definition) is 2. The quantitative estimate of drug-likeness (QED) is 0.385. The molecule has 0 aliphatic heterocycles. The number of Topliss-reactive ketones (excluding diaryl/α,β-unsaturated/α-hetero) is 1.